The predicted octanol–water partition coefficient (Wildman–Crippen LogP) is 0.658. The van der Waals surface area contributed by atoms with E-state index in [1.54, 1.807) is 12.4 Å². The second kappa shape index (κ2) is 2.02. The molecule has 0 unspecified atom stereocenters. The van der Waals surface area contributed by atoms with E-state index in [0.29, 0.717) is 0 Å². The highest BCUT2D eigenvalue weighted by atomic mass is 79.9. The molecule has 1 rings (SSSR count). The highest BCUT2D eigenvalue weighted by molar-refractivity contribution is 9.10. The van der Waals surface area contributed by atoms with Crippen LogP contribution < -0.4 is 5.10 Å². The molecule has 36 valence electrons. The standard InChI is InChI=1S/C4H3BrN2/c5-4-1-2-6-7-3-4/h1-3H/p+1. The molecule has 0 aliphatic carbocycles. The zero-order chi connectivity index (χ0) is 5.11. The Bertz CT molecular complexity index is 140. The van der Waals surface area contributed by atoms with Crippen LogP contribution >= 0.6 is 15.9 Å². The molecule has 0 aliphatic heterocycles. The fourth-order valence-corrected chi connectivity index (χ4v) is 0.519. The van der Waals surface area contributed by atoms with E-state index in [2.05, 4.69) is 26.1 Å². The van der Waals surface area contributed by atoms with E-state index >= 15 is 0 Å². The van der Waals surface area contributed by atoms with Gasteiger partial charge < -0.3 is 0 Å². The maximum atomic E-state index is 3.69. The predicted molar refractivity (Wildman–Crippen MR) is 28.5 cm³/mol. The largest absolute Gasteiger partial charge is 0.207 e. The molecule has 1 aromatic rings. The van der Waals surface area contributed by atoms with Crippen LogP contribution in [0.1, 0.15) is 0 Å². The molecule has 1 heterocycles. The normalized spacial score (nSPS) is 8.71. The van der Waals surface area contributed by atoms with Gasteiger partial charge in [0.25, 0.3) is 0 Å². The lowest BCUT2D eigenvalue weighted by molar-refractivity contribution is -0.456. The second-order valence-electron chi connectivity index (χ2n) is 1.10. The average molecular weight is 160 g/mol. The van der Waals surface area contributed by atoms with Gasteiger partial charge in [-0.15, -0.1) is 5.10 Å². The number of aromatic amines is 1. The Morgan fingerprint density at radius 2 is 2.57 bits per heavy atom. The number of rotatable bonds is 0. The van der Waals surface area contributed by atoms with E-state index in [1.165, 1.54) is 0 Å². The summed E-state index contributed by atoms with van der Waals surface area (Å²) in [4.78, 5) is 0. The highest BCUT2D eigenvalue weighted by Gasteiger charge is 1.82. The number of H-pyrrole nitrogens is 1. The molecule has 0 aliphatic rings. The number of nitrogens with zero attached hydrogens (tertiary/aromatic N) is 1. The van der Waals surface area contributed by atoms with Crippen LogP contribution in [0.15, 0.2) is 22.9 Å². The lowest BCUT2D eigenvalue weighted by atomic mass is 10.6. The van der Waals surface area contributed by atoms with Crippen molar-refractivity contribution < 1.29 is 5.10 Å². The van der Waals surface area contributed by atoms with Gasteiger partial charge in [0.05, 0.1) is 10.7 Å². The van der Waals surface area contributed by atoms with Crippen LogP contribution in [0.3, 0.4) is 0 Å². The van der Waals surface area contributed by atoms with Crippen molar-refractivity contribution in [1.29, 1.82) is 0 Å². The zero-order valence-electron chi connectivity index (χ0n) is 3.56. The van der Waals surface area contributed by atoms with Crippen molar-refractivity contribution in [2.24, 2.45) is 0 Å². The van der Waals surface area contributed by atoms with Gasteiger partial charge in [0.2, 0.25) is 6.20 Å². The van der Waals surface area contributed by atoms with Gasteiger partial charge in [-0.25, -0.2) is 0 Å². The van der Waals surface area contributed by atoms with Crippen molar-refractivity contribution in [3.8, 4) is 0 Å². The molecule has 0 amide bonds. The highest BCUT2D eigenvalue weighted by Crippen LogP contribution is 2.00. The summed E-state index contributed by atoms with van der Waals surface area (Å²) >= 11 is 3.24. The van der Waals surface area contributed by atoms with Gasteiger partial charge in [-0.2, -0.15) is 0 Å². The molecular weight excluding hydrogens is 156 g/mol. The van der Waals surface area contributed by atoms with Gasteiger partial charge in [-0.05, 0) is 27.1 Å². The third-order valence-electron chi connectivity index (χ3n) is 0.585. The number of nitrogens with one attached hydrogen (secondary N) is 1. The van der Waals surface area contributed by atoms with Crippen molar-refractivity contribution >= 4 is 15.9 Å². The summed E-state index contributed by atoms with van der Waals surface area (Å²) in [6.45, 7) is 0. The lowest BCUT2D eigenvalue weighted by Gasteiger charge is -1.72. The first-order chi connectivity index (χ1) is 3.39. The number of halogens is 1. The molecule has 0 atom stereocenters. The monoisotopic (exact) mass is 159 g/mol. The molecule has 0 saturated heterocycles. The van der Waals surface area contributed by atoms with Gasteiger partial charge in [0.1, 0.15) is 0 Å². The van der Waals surface area contributed by atoms with Gasteiger partial charge in [0.15, 0.2) is 0 Å². The first kappa shape index (κ1) is 4.71. The Labute approximate surface area is 49.7 Å². The Hall–Kier alpha value is -0.440. The van der Waals surface area contributed by atoms with Crippen LogP contribution in [0.4, 0.5) is 0 Å². The van der Waals surface area contributed by atoms with E-state index in [-0.39, 0.29) is 0 Å². The van der Waals surface area contributed by atoms with E-state index < -0.39 is 0 Å². The Morgan fingerprint density at radius 3 is 2.86 bits per heavy atom. The molecule has 0 bridgehead atoms. The smallest absolute Gasteiger partial charge is 0.105 e. The summed E-state index contributed by atoms with van der Waals surface area (Å²) in [6.07, 6.45) is 3.45. The molecular formula is C4H4BrN2+. The third-order valence-corrected chi connectivity index (χ3v) is 1.08. The molecule has 0 spiro atoms. The first-order valence-corrected chi connectivity index (χ1v) is 2.66. The maximum Gasteiger partial charge on any atom is 0.207 e. The summed E-state index contributed by atoms with van der Waals surface area (Å²) in [6, 6.07) is 1.86. The van der Waals surface area contributed by atoms with E-state index in [1.807, 2.05) is 6.07 Å². The minimum atomic E-state index is 1.02. The quantitative estimate of drug-likeness (QED) is 0.547. The van der Waals surface area contributed by atoms with Crippen molar-refractivity contribution in [2.75, 3.05) is 0 Å². The number of hydrogen-bond donors (Lipinski definition) is 0. The van der Waals surface area contributed by atoms with Crippen LogP contribution in [0, 0.1) is 0 Å². The summed E-state index contributed by atoms with van der Waals surface area (Å²) in [5.74, 6) is 0. The van der Waals surface area contributed by atoms with Crippen LogP contribution in [0.5, 0.6) is 0 Å². The average Bonchev–Trinajstić information content (AvgIpc) is 1.69. The molecule has 0 radical (unpaired) electrons. The Kier molecular flexibility index (Phi) is 1.36. The summed E-state index contributed by atoms with van der Waals surface area (Å²) in [7, 11) is 0. The fourth-order valence-electron chi connectivity index (χ4n) is 0.299. The second-order valence-corrected chi connectivity index (χ2v) is 2.02. The van der Waals surface area contributed by atoms with Crippen LogP contribution in [-0.4, -0.2) is 5.10 Å². The van der Waals surface area contributed by atoms with Crippen LogP contribution in [-0.2, 0) is 0 Å². The van der Waals surface area contributed by atoms with E-state index in [4.69, 9.17) is 0 Å². The molecule has 1 N–H and O–H groups in total. The van der Waals surface area contributed by atoms with Gasteiger partial charge in [-0.3, -0.25) is 0 Å². The van der Waals surface area contributed by atoms with Crippen LogP contribution in [0.2, 0.25) is 0 Å². The Morgan fingerprint density at radius 1 is 1.71 bits per heavy atom. The molecule has 1 aromatic heterocycles. The number of aromatic nitrogens is 2. The summed E-state index contributed by atoms with van der Waals surface area (Å²) < 4.78 is 1.02. The van der Waals surface area contributed by atoms with Crippen LogP contribution in [0.25, 0.3) is 0 Å². The lowest BCUT2D eigenvalue weighted by Crippen LogP contribution is -2.03. The minimum absolute atomic E-state index is 1.02. The molecule has 2 nitrogen and oxygen atoms in total. The minimum Gasteiger partial charge on any atom is -0.105 e. The molecule has 7 heavy (non-hydrogen) atoms. The number of hydrogen-bond acceptors (Lipinski definition) is 1. The van der Waals surface area contributed by atoms with Gasteiger partial charge in [-0.1, -0.05) is 0 Å². The van der Waals surface area contributed by atoms with E-state index in [9.17, 15) is 0 Å². The van der Waals surface area contributed by atoms with Gasteiger partial charge in [0, 0.05) is 0 Å². The zero-order valence-corrected chi connectivity index (χ0v) is 5.14. The SMILES string of the molecule is Brc1ccn[nH+]c1. The van der Waals surface area contributed by atoms with E-state index in [0.717, 1.165) is 4.47 Å². The molecule has 0 saturated carbocycles. The summed E-state index contributed by atoms with van der Waals surface area (Å²) in [5.41, 5.74) is 0. The maximum absolute atomic E-state index is 3.69. The van der Waals surface area contributed by atoms with Gasteiger partial charge >= 0.3 is 0 Å². The van der Waals surface area contributed by atoms with Crippen molar-refractivity contribution in [1.82, 2.24) is 5.10 Å². The van der Waals surface area contributed by atoms with Crippen molar-refractivity contribution in [3.05, 3.63) is 22.9 Å². The summed E-state index contributed by atoms with van der Waals surface area (Å²) in [5, 5.41) is 6.35. The van der Waals surface area contributed by atoms with Crippen molar-refractivity contribution in [2.45, 2.75) is 0 Å². The molecule has 3 heteroatoms. The fraction of sp³-hybridized carbons (Fsp3) is 0. The third kappa shape index (κ3) is 1.23. The molecule has 0 aromatic carbocycles. The molecule has 0 fully saturated rings. The first-order valence-electron chi connectivity index (χ1n) is 1.87. The van der Waals surface area contributed by atoms with Crippen molar-refractivity contribution in [3.63, 3.8) is 0 Å². The Balaban J connectivity index is 3.02. The topological polar surface area (TPSA) is 27.0 Å².